The second-order valence-corrected chi connectivity index (χ2v) is 13.8. The molecular formula is C40H49N3O11. The molecule has 0 saturated heterocycles. The van der Waals surface area contributed by atoms with E-state index in [9.17, 15) is 35.0 Å². The Labute approximate surface area is 314 Å². The van der Waals surface area contributed by atoms with Gasteiger partial charge in [0.1, 0.15) is 42.0 Å². The highest BCUT2D eigenvalue weighted by Crippen LogP contribution is 2.51. The van der Waals surface area contributed by atoms with Crippen molar-refractivity contribution in [3.63, 3.8) is 0 Å². The van der Waals surface area contributed by atoms with Crippen molar-refractivity contribution in [2.24, 2.45) is 11.3 Å². The van der Waals surface area contributed by atoms with Crippen LogP contribution in [0.1, 0.15) is 50.2 Å². The SMILES string of the molecule is CC1=C(C(=O)O)C(c2cccc([N+](=O)[O-])c2)C(CCOc2ccc(OCCNCC(O)COc3ccc(CCOCC4CC4)cc3)cc2)(C(=O)O)C(C)N1. The topological polar surface area (TPSA) is 199 Å². The van der Waals surface area contributed by atoms with Crippen molar-refractivity contribution >= 4 is 17.6 Å². The van der Waals surface area contributed by atoms with Crippen molar-refractivity contribution in [3.8, 4) is 17.2 Å². The Hall–Kier alpha value is -5.18. The lowest BCUT2D eigenvalue weighted by Crippen LogP contribution is -2.57. The number of ether oxygens (including phenoxy) is 4. The second-order valence-electron chi connectivity index (χ2n) is 13.8. The zero-order valence-corrected chi connectivity index (χ0v) is 30.6. The molecule has 1 heterocycles. The van der Waals surface area contributed by atoms with E-state index < -0.39 is 40.3 Å². The van der Waals surface area contributed by atoms with E-state index >= 15 is 0 Å². The minimum atomic E-state index is -1.71. The van der Waals surface area contributed by atoms with Gasteiger partial charge in [0, 0.05) is 55.9 Å². The van der Waals surface area contributed by atoms with Crippen LogP contribution in [0.5, 0.6) is 17.2 Å². The van der Waals surface area contributed by atoms with Crippen LogP contribution in [0.2, 0.25) is 0 Å². The molecule has 14 nitrogen and oxygen atoms in total. The van der Waals surface area contributed by atoms with Gasteiger partial charge in [-0.1, -0.05) is 24.3 Å². The van der Waals surface area contributed by atoms with Gasteiger partial charge in [-0.05, 0) is 86.6 Å². The maximum absolute atomic E-state index is 13.1. The quantitative estimate of drug-likeness (QED) is 0.0526. The van der Waals surface area contributed by atoms with Gasteiger partial charge in [-0.3, -0.25) is 14.9 Å². The van der Waals surface area contributed by atoms with Crippen LogP contribution in [0.25, 0.3) is 0 Å². The fraction of sp³-hybridized carbons (Fsp3) is 0.450. The number of hydrogen-bond acceptors (Lipinski definition) is 11. The molecule has 1 saturated carbocycles. The van der Waals surface area contributed by atoms with Crippen LogP contribution in [0.15, 0.2) is 84.1 Å². The Morgan fingerprint density at radius 3 is 2.24 bits per heavy atom. The van der Waals surface area contributed by atoms with Gasteiger partial charge in [-0.15, -0.1) is 0 Å². The second kappa shape index (κ2) is 18.7. The maximum Gasteiger partial charge on any atom is 0.333 e. The van der Waals surface area contributed by atoms with Gasteiger partial charge >= 0.3 is 11.9 Å². The molecule has 0 bridgehead atoms. The number of aliphatic hydroxyl groups excluding tert-OH is 1. The molecule has 5 rings (SSSR count). The monoisotopic (exact) mass is 747 g/mol. The largest absolute Gasteiger partial charge is 0.494 e. The van der Waals surface area contributed by atoms with Gasteiger partial charge in [0.15, 0.2) is 0 Å². The number of aliphatic carboxylic acids is 2. The molecule has 3 aromatic carbocycles. The highest BCUT2D eigenvalue weighted by atomic mass is 16.6. The summed E-state index contributed by atoms with van der Waals surface area (Å²) in [5.41, 5.74) is -0.464. The summed E-state index contributed by atoms with van der Waals surface area (Å²) in [6.07, 6.45) is 2.62. The average Bonchev–Trinajstić information content (AvgIpc) is 3.98. The fourth-order valence-electron chi connectivity index (χ4n) is 6.81. The number of aliphatic hydroxyl groups is 1. The number of benzene rings is 3. The lowest BCUT2D eigenvalue weighted by Gasteiger charge is -2.46. The zero-order valence-electron chi connectivity index (χ0n) is 30.6. The molecule has 3 aromatic rings. The first kappa shape index (κ1) is 40.0. The molecule has 54 heavy (non-hydrogen) atoms. The maximum atomic E-state index is 13.1. The van der Waals surface area contributed by atoms with E-state index in [1.54, 1.807) is 38.1 Å². The first-order chi connectivity index (χ1) is 26.0. The van der Waals surface area contributed by atoms with Gasteiger partial charge < -0.3 is 44.9 Å². The fourth-order valence-corrected chi connectivity index (χ4v) is 6.81. The van der Waals surface area contributed by atoms with Crippen molar-refractivity contribution in [1.82, 2.24) is 10.6 Å². The smallest absolute Gasteiger partial charge is 0.333 e. The third kappa shape index (κ3) is 10.5. The number of nitrogens with one attached hydrogen (secondary N) is 2. The van der Waals surface area contributed by atoms with E-state index in [0.717, 1.165) is 18.9 Å². The summed E-state index contributed by atoms with van der Waals surface area (Å²) < 4.78 is 23.2. The molecule has 2 aliphatic rings. The highest BCUT2D eigenvalue weighted by Gasteiger charge is 2.56. The molecule has 0 spiro atoms. The van der Waals surface area contributed by atoms with Gasteiger partial charge in [0.05, 0.1) is 23.7 Å². The van der Waals surface area contributed by atoms with Crippen molar-refractivity contribution in [2.45, 2.75) is 57.6 Å². The number of nitrogens with zero attached hydrogens (tertiary/aromatic N) is 1. The molecule has 4 unspecified atom stereocenters. The van der Waals surface area contributed by atoms with Crippen LogP contribution >= 0.6 is 0 Å². The van der Waals surface area contributed by atoms with E-state index in [4.69, 9.17) is 18.9 Å². The molecule has 1 aliphatic heterocycles. The third-order valence-electron chi connectivity index (χ3n) is 9.94. The van der Waals surface area contributed by atoms with Crippen molar-refractivity contribution in [1.29, 1.82) is 0 Å². The lowest BCUT2D eigenvalue weighted by atomic mass is 9.60. The number of carboxylic acids is 2. The molecule has 5 N–H and O–H groups in total. The summed E-state index contributed by atoms with van der Waals surface area (Å²) in [7, 11) is 0. The predicted molar refractivity (Wildman–Crippen MR) is 199 cm³/mol. The van der Waals surface area contributed by atoms with Crippen LogP contribution in [0.4, 0.5) is 5.69 Å². The number of hydrogen-bond donors (Lipinski definition) is 5. The summed E-state index contributed by atoms with van der Waals surface area (Å²) in [6, 6.07) is 19.3. The van der Waals surface area contributed by atoms with Crippen molar-refractivity contribution < 1.29 is 48.8 Å². The van der Waals surface area contributed by atoms with Gasteiger partial charge in [0.25, 0.3) is 5.69 Å². The van der Waals surface area contributed by atoms with E-state index in [0.29, 0.717) is 43.6 Å². The Kier molecular flexibility index (Phi) is 13.9. The van der Waals surface area contributed by atoms with E-state index in [2.05, 4.69) is 10.6 Å². The molecule has 1 aliphatic carbocycles. The standard InChI is InChI=1S/C40H49N3O11/c1-26-36(38(45)46)37(30-4-3-5-31(22-30)43(49)50)40(39(47)48,27(2)42-26)17-20-52-33-12-14-34(15-13-33)53-21-18-41-23-32(44)25-54-35-10-8-28(9-11-35)16-19-51-24-29-6-7-29/h3-5,8-15,22,27,29,32,37,41-42,44H,6-7,16-21,23-25H2,1-2H3,(H,45,46)(H,47,48). The molecular weight excluding hydrogens is 698 g/mol. The molecule has 14 heteroatoms. The number of nitro groups is 1. The highest BCUT2D eigenvalue weighted by molar-refractivity contribution is 5.93. The van der Waals surface area contributed by atoms with Crippen molar-refractivity contribution in [2.75, 3.05) is 46.1 Å². The molecule has 0 radical (unpaired) electrons. The minimum absolute atomic E-state index is 0.0765. The average molecular weight is 748 g/mol. The van der Waals surface area contributed by atoms with Gasteiger partial charge in [0.2, 0.25) is 0 Å². The number of non-ortho nitro benzene ring substituents is 1. The summed E-state index contributed by atoms with van der Waals surface area (Å²) in [4.78, 5) is 36.5. The van der Waals surface area contributed by atoms with Crippen LogP contribution in [-0.2, 0) is 20.7 Å². The third-order valence-corrected chi connectivity index (χ3v) is 9.94. The van der Waals surface area contributed by atoms with Crippen LogP contribution in [0, 0.1) is 21.4 Å². The summed E-state index contributed by atoms with van der Waals surface area (Å²) in [6.45, 7) is 6.00. The minimum Gasteiger partial charge on any atom is -0.494 e. The van der Waals surface area contributed by atoms with Gasteiger partial charge in [-0.25, -0.2) is 4.79 Å². The Morgan fingerprint density at radius 1 is 0.963 bits per heavy atom. The Morgan fingerprint density at radius 2 is 1.61 bits per heavy atom. The molecule has 1 fully saturated rings. The van der Waals surface area contributed by atoms with Crippen molar-refractivity contribution in [3.05, 3.63) is 105 Å². The van der Waals surface area contributed by atoms with Crippen LogP contribution < -0.4 is 24.8 Å². The molecule has 0 aromatic heterocycles. The van der Waals surface area contributed by atoms with Crippen LogP contribution in [-0.4, -0.2) is 90.5 Å². The predicted octanol–water partition coefficient (Wildman–Crippen LogP) is 4.95. The number of carbonyl (C=O) groups is 2. The number of rotatable bonds is 22. The van der Waals surface area contributed by atoms with E-state index in [1.165, 1.54) is 42.7 Å². The Bertz CT molecular complexity index is 1760. The summed E-state index contributed by atoms with van der Waals surface area (Å²) in [5, 5.41) is 48.9. The molecule has 0 amide bonds. The molecule has 290 valence electrons. The number of allylic oxidation sites excluding steroid dienone is 1. The summed E-state index contributed by atoms with van der Waals surface area (Å²) in [5.74, 6) is -1.29. The normalized spacial score (nSPS) is 20.1. The first-order valence-corrected chi connectivity index (χ1v) is 18.2. The van der Waals surface area contributed by atoms with Gasteiger partial charge in [-0.2, -0.15) is 0 Å². The Balaban J connectivity index is 1.06. The van der Waals surface area contributed by atoms with E-state index in [-0.39, 0.29) is 42.2 Å². The van der Waals surface area contributed by atoms with E-state index in [1.807, 2.05) is 24.3 Å². The lowest BCUT2D eigenvalue weighted by molar-refractivity contribution is -0.384. The van der Waals surface area contributed by atoms with Crippen LogP contribution in [0.3, 0.4) is 0 Å². The number of carboxylic acid groups (broad SMARTS) is 2. The summed E-state index contributed by atoms with van der Waals surface area (Å²) >= 11 is 0. The number of nitro benzene ring substituents is 1. The molecule has 4 atom stereocenters. The zero-order chi connectivity index (χ0) is 38.7. The first-order valence-electron chi connectivity index (χ1n) is 18.2.